The smallest absolute Gasteiger partial charge is 0.251 e. The van der Waals surface area contributed by atoms with Crippen molar-refractivity contribution in [3.8, 4) is 5.69 Å². The lowest BCUT2D eigenvalue weighted by Gasteiger charge is -2.10. The molecule has 0 fully saturated rings. The Bertz CT molecular complexity index is 1110. The summed E-state index contributed by atoms with van der Waals surface area (Å²) in [6.07, 6.45) is 5.18. The minimum Gasteiger partial charge on any atom is -0.352 e. The maximum Gasteiger partial charge on any atom is 0.251 e. The quantitative estimate of drug-likeness (QED) is 0.495. The van der Waals surface area contributed by atoms with Crippen LogP contribution in [0, 0.1) is 0 Å². The highest BCUT2D eigenvalue weighted by Crippen LogP contribution is 2.25. The van der Waals surface area contributed by atoms with Crippen LogP contribution in [-0.2, 0) is 6.42 Å². The molecule has 5 nitrogen and oxygen atoms in total. The van der Waals surface area contributed by atoms with Gasteiger partial charge in [-0.15, -0.1) is 0 Å². The molecule has 4 aromatic rings. The van der Waals surface area contributed by atoms with Crippen molar-refractivity contribution in [3.05, 3.63) is 89.3 Å². The Hall–Kier alpha value is -3.18. The van der Waals surface area contributed by atoms with Crippen LogP contribution in [0.2, 0.25) is 5.02 Å². The fraction of sp³-hybridized carbons (Fsp3) is 0.136. The molecule has 4 rings (SSSR count). The van der Waals surface area contributed by atoms with Gasteiger partial charge in [0.05, 0.1) is 10.7 Å². The highest BCUT2D eigenvalue weighted by molar-refractivity contribution is 6.32. The number of hydrogen-bond acceptors (Lipinski definition) is 3. The summed E-state index contributed by atoms with van der Waals surface area (Å²) in [5.74, 6) is -0.122. The number of rotatable bonds is 6. The number of nitrogens with one attached hydrogen (secondary N) is 1. The van der Waals surface area contributed by atoms with Crippen LogP contribution in [0.5, 0.6) is 0 Å². The number of nitrogens with zero attached hydrogens (tertiary/aromatic N) is 3. The Morgan fingerprint density at radius 3 is 2.75 bits per heavy atom. The minimum absolute atomic E-state index is 0.122. The molecule has 0 radical (unpaired) electrons. The standard InChI is InChI=1S/C22H19ClN4O/c23-18-11-10-17(22(28)25-13-4-8-16-6-2-1-3-7-16)14-20(18)27-15-26-19-9-5-12-24-21(19)27/h1-3,5-7,9-12,14-15H,4,8,13H2,(H,25,28). The fourth-order valence-electron chi connectivity index (χ4n) is 3.11. The predicted octanol–water partition coefficient (Wildman–Crippen LogP) is 4.44. The summed E-state index contributed by atoms with van der Waals surface area (Å²) in [7, 11) is 0. The molecule has 1 amide bonds. The van der Waals surface area contributed by atoms with Crippen LogP contribution in [-0.4, -0.2) is 27.0 Å². The van der Waals surface area contributed by atoms with Gasteiger partial charge in [-0.1, -0.05) is 41.9 Å². The second kappa shape index (κ2) is 8.23. The third kappa shape index (κ3) is 3.89. The van der Waals surface area contributed by atoms with Gasteiger partial charge in [-0.3, -0.25) is 9.36 Å². The van der Waals surface area contributed by atoms with E-state index in [0.29, 0.717) is 28.5 Å². The third-order valence-electron chi connectivity index (χ3n) is 4.55. The molecule has 2 aromatic heterocycles. The number of hydrogen-bond donors (Lipinski definition) is 1. The van der Waals surface area contributed by atoms with Crippen LogP contribution in [0.4, 0.5) is 0 Å². The first-order valence-electron chi connectivity index (χ1n) is 9.12. The van der Waals surface area contributed by atoms with E-state index >= 15 is 0 Å². The summed E-state index contributed by atoms with van der Waals surface area (Å²) in [4.78, 5) is 21.3. The zero-order chi connectivity index (χ0) is 19.3. The Morgan fingerprint density at radius 2 is 1.89 bits per heavy atom. The number of benzene rings is 2. The number of pyridine rings is 1. The van der Waals surface area contributed by atoms with Crippen molar-refractivity contribution in [2.45, 2.75) is 12.8 Å². The van der Waals surface area contributed by atoms with Gasteiger partial charge >= 0.3 is 0 Å². The average molecular weight is 391 g/mol. The van der Waals surface area contributed by atoms with E-state index in [0.717, 1.165) is 18.4 Å². The van der Waals surface area contributed by atoms with E-state index in [-0.39, 0.29) is 5.91 Å². The topological polar surface area (TPSA) is 59.8 Å². The normalized spacial score (nSPS) is 10.9. The molecule has 0 bridgehead atoms. The minimum atomic E-state index is -0.122. The zero-order valence-corrected chi connectivity index (χ0v) is 15.9. The number of carbonyl (C=O) groups is 1. The molecule has 0 aliphatic rings. The molecule has 2 heterocycles. The largest absolute Gasteiger partial charge is 0.352 e. The van der Waals surface area contributed by atoms with Gasteiger partial charge in [-0.2, -0.15) is 0 Å². The predicted molar refractivity (Wildman–Crippen MR) is 111 cm³/mol. The lowest BCUT2D eigenvalue weighted by atomic mass is 10.1. The number of halogens is 1. The van der Waals surface area contributed by atoms with Crippen molar-refractivity contribution >= 4 is 28.7 Å². The number of aryl methyl sites for hydroxylation is 1. The van der Waals surface area contributed by atoms with E-state index in [1.54, 1.807) is 35.3 Å². The maximum atomic E-state index is 12.6. The van der Waals surface area contributed by atoms with Gasteiger partial charge in [0, 0.05) is 18.3 Å². The van der Waals surface area contributed by atoms with Crippen LogP contribution < -0.4 is 5.32 Å². The number of carbonyl (C=O) groups excluding carboxylic acids is 1. The molecule has 0 aliphatic heterocycles. The molecule has 0 spiro atoms. The highest BCUT2D eigenvalue weighted by Gasteiger charge is 2.13. The van der Waals surface area contributed by atoms with Crippen molar-refractivity contribution in [1.82, 2.24) is 19.9 Å². The van der Waals surface area contributed by atoms with Crippen LogP contribution in [0.1, 0.15) is 22.3 Å². The Kier molecular flexibility index (Phi) is 5.35. The monoisotopic (exact) mass is 390 g/mol. The number of amides is 1. The lowest BCUT2D eigenvalue weighted by molar-refractivity contribution is 0.0953. The van der Waals surface area contributed by atoms with Gasteiger partial charge in [0.1, 0.15) is 11.8 Å². The van der Waals surface area contributed by atoms with Crippen molar-refractivity contribution in [2.75, 3.05) is 6.54 Å². The summed E-state index contributed by atoms with van der Waals surface area (Å²) in [6, 6.07) is 19.2. The van der Waals surface area contributed by atoms with Crippen LogP contribution in [0.25, 0.3) is 16.9 Å². The zero-order valence-electron chi connectivity index (χ0n) is 15.2. The molecule has 2 aromatic carbocycles. The lowest BCUT2D eigenvalue weighted by Crippen LogP contribution is -2.24. The van der Waals surface area contributed by atoms with E-state index in [4.69, 9.17) is 11.6 Å². The SMILES string of the molecule is O=C(NCCCc1ccccc1)c1ccc(Cl)c(-n2cnc3cccnc32)c1. The molecule has 28 heavy (non-hydrogen) atoms. The second-order valence-electron chi connectivity index (χ2n) is 6.47. The van der Waals surface area contributed by atoms with Crippen molar-refractivity contribution < 1.29 is 4.79 Å². The van der Waals surface area contributed by atoms with Gasteiger partial charge in [0.2, 0.25) is 0 Å². The molecule has 0 unspecified atom stereocenters. The second-order valence-corrected chi connectivity index (χ2v) is 6.88. The summed E-state index contributed by atoms with van der Waals surface area (Å²) < 4.78 is 1.80. The molecule has 6 heteroatoms. The van der Waals surface area contributed by atoms with Gasteiger partial charge in [-0.05, 0) is 48.7 Å². The summed E-state index contributed by atoms with van der Waals surface area (Å²) >= 11 is 6.38. The van der Waals surface area contributed by atoms with E-state index in [9.17, 15) is 4.79 Å². The molecule has 0 atom stereocenters. The third-order valence-corrected chi connectivity index (χ3v) is 4.86. The Labute approximate surface area is 168 Å². The van der Waals surface area contributed by atoms with E-state index < -0.39 is 0 Å². The van der Waals surface area contributed by atoms with Crippen LogP contribution in [0.3, 0.4) is 0 Å². The number of aromatic nitrogens is 3. The van der Waals surface area contributed by atoms with Gasteiger partial charge in [-0.25, -0.2) is 9.97 Å². The van der Waals surface area contributed by atoms with Crippen molar-refractivity contribution in [2.24, 2.45) is 0 Å². The summed E-state index contributed by atoms with van der Waals surface area (Å²) in [5, 5.41) is 3.51. The van der Waals surface area contributed by atoms with E-state index in [2.05, 4.69) is 27.4 Å². The van der Waals surface area contributed by atoms with Crippen molar-refractivity contribution in [3.63, 3.8) is 0 Å². The molecule has 140 valence electrons. The molecule has 0 saturated carbocycles. The summed E-state index contributed by atoms with van der Waals surface area (Å²) in [5.41, 5.74) is 3.97. The van der Waals surface area contributed by atoms with Crippen LogP contribution >= 0.6 is 11.6 Å². The fourth-order valence-corrected chi connectivity index (χ4v) is 3.31. The molecular weight excluding hydrogens is 372 g/mol. The molecule has 0 saturated heterocycles. The Morgan fingerprint density at radius 1 is 1.04 bits per heavy atom. The maximum absolute atomic E-state index is 12.6. The molecular formula is C22H19ClN4O. The average Bonchev–Trinajstić information content (AvgIpc) is 3.16. The number of fused-ring (bicyclic) bond motifs is 1. The summed E-state index contributed by atoms with van der Waals surface area (Å²) in [6.45, 7) is 0.612. The first-order valence-corrected chi connectivity index (χ1v) is 9.50. The highest BCUT2D eigenvalue weighted by atomic mass is 35.5. The number of imidazole rings is 1. The van der Waals surface area contributed by atoms with Gasteiger partial charge in [0.15, 0.2) is 5.65 Å². The first kappa shape index (κ1) is 18.2. The molecule has 1 N–H and O–H groups in total. The van der Waals surface area contributed by atoms with Crippen molar-refractivity contribution in [1.29, 1.82) is 0 Å². The van der Waals surface area contributed by atoms with Gasteiger partial charge < -0.3 is 5.32 Å². The molecule has 0 aliphatic carbocycles. The van der Waals surface area contributed by atoms with Gasteiger partial charge in [0.25, 0.3) is 5.91 Å². The Balaban J connectivity index is 1.46. The van der Waals surface area contributed by atoms with E-state index in [1.165, 1.54) is 5.56 Å². The van der Waals surface area contributed by atoms with E-state index in [1.807, 2.05) is 30.3 Å². The first-order chi connectivity index (χ1) is 13.7. The van der Waals surface area contributed by atoms with Crippen LogP contribution in [0.15, 0.2) is 73.2 Å².